The van der Waals surface area contributed by atoms with E-state index in [0.717, 1.165) is 0 Å². The van der Waals surface area contributed by atoms with E-state index in [-0.39, 0.29) is 0 Å². The summed E-state index contributed by atoms with van der Waals surface area (Å²) in [4.78, 5) is 0. The van der Waals surface area contributed by atoms with Crippen LogP contribution < -0.4 is 0 Å². The highest BCUT2D eigenvalue weighted by Crippen LogP contribution is 2.47. The minimum atomic E-state index is 0.683. The number of nitrogens with zero attached hydrogens (tertiary/aromatic N) is 2. The lowest BCUT2D eigenvalue weighted by molar-refractivity contribution is 0.443. The highest BCUT2D eigenvalue weighted by molar-refractivity contribution is 6.36. The molecule has 1 saturated carbocycles. The van der Waals surface area contributed by atoms with Gasteiger partial charge in [-0.3, -0.25) is 0 Å². The van der Waals surface area contributed by atoms with E-state index in [1.165, 1.54) is 115 Å². The van der Waals surface area contributed by atoms with E-state index in [1.54, 1.807) is 0 Å². The molecular weight excluding hydrogens is 581 g/mol. The van der Waals surface area contributed by atoms with Gasteiger partial charge in [0.15, 0.2) is 0 Å². The van der Waals surface area contributed by atoms with Gasteiger partial charge in [-0.05, 0) is 82.6 Å². The van der Waals surface area contributed by atoms with E-state index in [9.17, 15) is 0 Å². The number of rotatable bonds is 4. The summed E-state index contributed by atoms with van der Waals surface area (Å²) in [7, 11) is 0. The maximum absolute atomic E-state index is 2.54. The Hall–Kier alpha value is -5.60. The van der Waals surface area contributed by atoms with Crippen molar-refractivity contribution in [1.29, 1.82) is 0 Å². The highest BCUT2D eigenvalue weighted by Gasteiger charge is 2.24. The second-order valence-electron chi connectivity index (χ2n) is 13.5. The first-order valence-corrected chi connectivity index (χ1v) is 17.5. The summed E-state index contributed by atoms with van der Waals surface area (Å²) < 4.78 is 5.05. The third kappa shape index (κ3) is 4.12. The Bertz CT molecular complexity index is 2610. The molecule has 230 valence electrons. The lowest BCUT2D eigenvalue weighted by atomic mass is 9.84. The van der Waals surface area contributed by atoms with Crippen molar-refractivity contribution in [3.63, 3.8) is 0 Å². The first-order valence-electron chi connectivity index (χ1n) is 17.5. The number of para-hydroxylation sites is 2. The second-order valence-corrected chi connectivity index (χ2v) is 13.5. The largest absolute Gasteiger partial charge is 0.307 e. The van der Waals surface area contributed by atoms with Crippen LogP contribution in [-0.2, 0) is 0 Å². The van der Waals surface area contributed by atoms with Crippen LogP contribution in [0.25, 0.3) is 76.9 Å². The number of aromatic nitrogens is 2. The van der Waals surface area contributed by atoms with E-state index < -0.39 is 0 Å². The molecule has 1 aliphatic rings. The fourth-order valence-electron chi connectivity index (χ4n) is 8.69. The van der Waals surface area contributed by atoms with Crippen LogP contribution in [-0.4, -0.2) is 9.13 Å². The van der Waals surface area contributed by atoms with Gasteiger partial charge >= 0.3 is 0 Å². The molecule has 0 amide bonds. The molecule has 0 unspecified atom stereocenters. The monoisotopic (exact) mass is 616 g/mol. The van der Waals surface area contributed by atoms with Crippen LogP contribution in [0.2, 0.25) is 0 Å². The lowest BCUT2D eigenvalue weighted by Gasteiger charge is -2.22. The van der Waals surface area contributed by atoms with Crippen LogP contribution in [0.4, 0.5) is 0 Å². The van der Waals surface area contributed by atoms with Crippen LogP contribution in [0.5, 0.6) is 0 Å². The van der Waals surface area contributed by atoms with Crippen LogP contribution in [0, 0.1) is 0 Å². The highest BCUT2D eigenvalue weighted by atomic mass is 15.0. The van der Waals surface area contributed by atoms with Crippen LogP contribution in [0.3, 0.4) is 0 Å². The third-order valence-corrected chi connectivity index (χ3v) is 10.9. The first kappa shape index (κ1) is 27.5. The normalized spacial score (nSPS) is 14.2. The zero-order valence-electron chi connectivity index (χ0n) is 26.9. The summed E-state index contributed by atoms with van der Waals surface area (Å²) in [6, 6.07) is 56.3. The minimum Gasteiger partial charge on any atom is -0.307 e. The van der Waals surface area contributed by atoms with Gasteiger partial charge in [0.05, 0.1) is 22.1 Å². The van der Waals surface area contributed by atoms with E-state index in [4.69, 9.17) is 0 Å². The maximum atomic E-state index is 2.54. The fraction of sp³-hybridized carbons (Fsp3) is 0.130. The minimum absolute atomic E-state index is 0.683. The van der Waals surface area contributed by atoms with Crippen molar-refractivity contribution in [2.75, 3.05) is 0 Å². The summed E-state index contributed by atoms with van der Waals surface area (Å²) >= 11 is 0. The Kier molecular flexibility index (Phi) is 6.30. The molecule has 2 nitrogen and oxygen atoms in total. The number of hydrogen-bond acceptors (Lipinski definition) is 0. The summed E-state index contributed by atoms with van der Waals surface area (Å²) in [5, 5.41) is 7.79. The Morgan fingerprint density at radius 3 is 1.35 bits per heavy atom. The lowest BCUT2D eigenvalue weighted by Crippen LogP contribution is -2.05. The molecule has 0 saturated heterocycles. The Morgan fingerprint density at radius 2 is 0.812 bits per heavy atom. The molecule has 0 N–H and O–H groups in total. The van der Waals surface area contributed by atoms with Crippen LogP contribution in [0.1, 0.15) is 43.6 Å². The van der Waals surface area contributed by atoms with Gasteiger partial charge < -0.3 is 9.13 Å². The molecule has 0 radical (unpaired) electrons. The quantitative estimate of drug-likeness (QED) is 0.186. The van der Waals surface area contributed by atoms with Gasteiger partial charge in [0, 0.05) is 32.9 Å². The first-order chi connectivity index (χ1) is 23.8. The molecule has 0 aliphatic heterocycles. The van der Waals surface area contributed by atoms with Crippen molar-refractivity contribution in [3.8, 4) is 22.5 Å². The number of hydrogen-bond donors (Lipinski definition) is 0. The van der Waals surface area contributed by atoms with Gasteiger partial charge in [0.2, 0.25) is 0 Å². The molecular formula is C46H36N2. The molecule has 9 aromatic rings. The molecule has 2 aromatic heterocycles. The topological polar surface area (TPSA) is 9.86 Å². The van der Waals surface area contributed by atoms with Crippen molar-refractivity contribution >= 4 is 54.4 Å². The molecule has 0 atom stereocenters. The summed E-state index contributed by atoms with van der Waals surface area (Å²) in [5.41, 5.74) is 11.3. The van der Waals surface area contributed by atoms with E-state index in [2.05, 4.69) is 161 Å². The third-order valence-electron chi connectivity index (χ3n) is 10.9. The molecule has 2 heterocycles. The molecule has 0 bridgehead atoms. The van der Waals surface area contributed by atoms with Crippen LogP contribution in [0.15, 0.2) is 152 Å². The van der Waals surface area contributed by atoms with Crippen molar-refractivity contribution in [2.24, 2.45) is 0 Å². The summed E-state index contributed by atoms with van der Waals surface area (Å²) in [6.45, 7) is 0. The average molecular weight is 617 g/mol. The predicted octanol–water partition coefficient (Wildman–Crippen LogP) is 12.7. The summed E-state index contributed by atoms with van der Waals surface area (Å²) in [5.74, 6) is 0.683. The number of fused-ring (bicyclic) bond motifs is 10. The van der Waals surface area contributed by atoms with Crippen molar-refractivity contribution < 1.29 is 0 Å². The van der Waals surface area contributed by atoms with Gasteiger partial charge in [-0.1, -0.05) is 135 Å². The zero-order chi connectivity index (χ0) is 31.6. The SMILES string of the molecule is c1ccc(-c2ccc(-n3c4ccccc4c4c5ccccc5c5c6ccccc6n(-c6ccc(C7CCCCC7)cc6)c5c43)cc2)cc1. The fourth-order valence-corrected chi connectivity index (χ4v) is 8.69. The predicted molar refractivity (Wildman–Crippen MR) is 204 cm³/mol. The molecule has 0 spiro atoms. The zero-order valence-corrected chi connectivity index (χ0v) is 26.9. The van der Waals surface area contributed by atoms with Gasteiger partial charge in [0.25, 0.3) is 0 Å². The van der Waals surface area contributed by atoms with Crippen molar-refractivity contribution in [3.05, 3.63) is 157 Å². The van der Waals surface area contributed by atoms with E-state index in [1.807, 2.05) is 0 Å². The molecule has 2 heteroatoms. The summed E-state index contributed by atoms with van der Waals surface area (Å²) in [6.07, 6.45) is 6.69. The van der Waals surface area contributed by atoms with Gasteiger partial charge in [0.1, 0.15) is 0 Å². The standard InChI is InChI=1S/C46H36N2/c1-3-13-31(14-4-1)33-23-27-35(28-24-33)47-41-21-11-9-19-39(41)43-37-17-7-8-18-38(37)44-40-20-10-12-22-42(40)48(46(44)45(43)47)36-29-25-34(26-30-36)32-15-5-2-6-16-32/h1,3-4,7-14,17-30,32H,2,5-6,15-16H2. The molecule has 7 aromatic carbocycles. The van der Waals surface area contributed by atoms with Crippen molar-refractivity contribution in [1.82, 2.24) is 9.13 Å². The van der Waals surface area contributed by atoms with E-state index >= 15 is 0 Å². The Morgan fingerprint density at radius 1 is 0.375 bits per heavy atom. The second kappa shape index (κ2) is 11.0. The van der Waals surface area contributed by atoms with Crippen molar-refractivity contribution in [2.45, 2.75) is 38.0 Å². The van der Waals surface area contributed by atoms with Gasteiger partial charge in [-0.15, -0.1) is 0 Å². The molecule has 1 aliphatic carbocycles. The smallest absolute Gasteiger partial charge is 0.0795 e. The molecule has 48 heavy (non-hydrogen) atoms. The van der Waals surface area contributed by atoms with Gasteiger partial charge in [-0.25, -0.2) is 0 Å². The Labute approximate surface area is 280 Å². The van der Waals surface area contributed by atoms with E-state index in [0.29, 0.717) is 5.92 Å². The molecule has 10 rings (SSSR count). The maximum Gasteiger partial charge on any atom is 0.0795 e. The van der Waals surface area contributed by atoms with Crippen LogP contribution >= 0.6 is 0 Å². The average Bonchev–Trinajstić information content (AvgIpc) is 3.70. The molecule has 1 fully saturated rings. The number of benzene rings is 7. The van der Waals surface area contributed by atoms with Gasteiger partial charge in [-0.2, -0.15) is 0 Å². The Balaban J connectivity index is 1.33.